The molecule has 0 bridgehead atoms. The molecule has 1 aromatic carbocycles. The molecule has 0 amide bonds. The van der Waals surface area contributed by atoms with E-state index in [2.05, 4.69) is 14.9 Å². The molecular weight excluding hydrogens is 321 g/mol. The van der Waals surface area contributed by atoms with E-state index in [0.717, 1.165) is 5.39 Å². The Morgan fingerprint density at radius 2 is 2.38 bits per heavy atom. The number of carbonyl (C=O) groups is 1. The maximum Gasteiger partial charge on any atom is 0.337 e. The smallest absolute Gasteiger partial charge is 0.337 e. The van der Waals surface area contributed by atoms with Crippen molar-refractivity contribution in [1.82, 2.24) is 10.2 Å². The number of nitriles is 1. The van der Waals surface area contributed by atoms with Crippen LogP contribution in [0.1, 0.15) is 15.9 Å². The predicted molar refractivity (Wildman–Crippen MR) is 64.9 cm³/mol. The number of methoxy groups -OCH3 is 1. The van der Waals surface area contributed by atoms with Gasteiger partial charge in [0.15, 0.2) is 0 Å². The number of rotatable bonds is 1. The van der Waals surface area contributed by atoms with Gasteiger partial charge in [0.05, 0.1) is 35.2 Å². The van der Waals surface area contributed by atoms with E-state index < -0.39 is 5.97 Å². The minimum Gasteiger partial charge on any atom is -0.465 e. The van der Waals surface area contributed by atoms with E-state index in [-0.39, 0.29) is 0 Å². The Morgan fingerprint density at radius 3 is 3.00 bits per heavy atom. The molecule has 2 aromatic rings. The summed E-state index contributed by atoms with van der Waals surface area (Å²) in [6, 6.07) is 5.17. The van der Waals surface area contributed by atoms with Gasteiger partial charge in [0.1, 0.15) is 3.70 Å². The minimum absolute atomic E-state index is 0.339. The molecule has 0 radical (unpaired) electrons. The number of nitrogens with zero attached hydrogens (tertiary/aromatic N) is 2. The van der Waals surface area contributed by atoms with E-state index >= 15 is 0 Å². The van der Waals surface area contributed by atoms with Crippen molar-refractivity contribution in [2.75, 3.05) is 7.11 Å². The monoisotopic (exact) mass is 327 g/mol. The first-order valence-corrected chi connectivity index (χ1v) is 5.41. The zero-order chi connectivity index (χ0) is 11.7. The standard InChI is InChI=1S/C10H6IN3O2/c1-16-10(15)5-2-6(4-12)8-7(3-5)13-14-9(8)11/h2-3H,1H3,(H,13,14). The minimum atomic E-state index is -0.469. The molecule has 0 aliphatic carbocycles. The van der Waals surface area contributed by atoms with Crippen molar-refractivity contribution < 1.29 is 9.53 Å². The second-order valence-corrected chi connectivity index (χ2v) is 4.09. The fraction of sp³-hybridized carbons (Fsp3) is 0.100. The van der Waals surface area contributed by atoms with E-state index in [0.29, 0.717) is 20.3 Å². The van der Waals surface area contributed by atoms with E-state index in [1.807, 2.05) is 28.7 Å². The topological polar surface area (TPSA) is 78.8 Å². The average molecular weight is 327 g/mol. The lowest BCUT2D eigenvalue weighted by Gasteiger charge is -2.00. The molecular formula is C10H6IN3O2. The van der Waals surface area contributed by atoms with E-state index in [1.54, 1.807) is 6.07 Å². The van der Waals surface area contributed by atoms with Gasteiger partial charge in [0.2, 0.25) is 0 Å². The molecule has 0 saturated carbocycles. The van der Waals surface area contributed by atoms with Crippen molar-refractivity contribution in [2.45, 2.75) is 0 Å². The van der Waals surface area contributed by atoms with Gasteiger partial charge in [-0.15, -0.1) is 0 Å². The van der Waals surface area contributed by atoms with Crippen LogP contribution < -0.4 is 0 Å². The second-order valence-electron chi connectivity index (χ2n) is 3.06. The number of hydrogen-bond donors (Lipinski definition) is 1. The molecule has 1 heterocycles. The number of carbonyl (C=O) groups excluding carboxylic acids is 1. The summed E-state index contributed by atoms with van der Waals surface area (Å²) in [5.41, 5.74) is 1.41. The quantitative estimate of drug-likeness (QED) is 0.640. The first kappa shape index (κ1) is 10.9. The van der Waals surface area contributed by atoms with Gasteiger partial charge in [-0.2, -0.15) is 10.4 Å². The number of benzene rings is 1. The zero-order valence-electron chi connectivity index (χ0n) is 8.24. The van der Waals surface area contributed by atoms with Crippen molar-refractivity contribution in [3.05, 3.63) is 27.0 Å². The first-order chi connectivity index (χ1) is 7.67. The third-order valence-electron chi connectivity index (χ3n) is 2.16. The summed E-state index contributed by atoms with van der Waals surface area (Å²) in [5.74, 6) is -0.469. The second kappa shape index (κ2) is 4.09. The molecule has 0 saturated heterocycles. The number of hydrogen-bond acceptors (Lipinski definition) is 4. The van der Waals surface area contributed by atoms with Crippen LogP contribution in [-0.4, -0.2) is 23.3 Å². The van der Waals surface area contributed by atoms with Crippen LogP contribution in [0.15, 0.2) is 12.1 Å². The number of nitrogens with one attached hydrogen (secondary N) is 1. The van der Waals surface area contributed by atoms with Crippen LogP contribution >= 0.6 is 22.6 Å². The summed E-state index contributed by atoms with van der Waals surface area (Å²) in [5, 5.41) is 16.5. The Morgan fingerprint density at radius 1 is 1.62 bits per heavy atom. The highest BCUT2D eigenvalue weighted by molar-refractivity contribution is 14.1. The maximum absolute atomic E-state index is 11.4. The maximum atomic E-state index is 11.4. The van der Waals surface area contributed by atoms with E-state index in [1.165, 1.54) is 13.2 Å². The molecule has 1 aromatic heterocycles. The van der Waals surface area contributed by atoms with Crippen molar-refractivity contribution in [2.24, 2.45) is 0 Å². The summed E-state index contributed by atoms with van der Waals surface area (Å²) in [6.07, 6.45) is 0. The largest absolute Gasteiger partial charge is 0.465 e. The van der Waals surface area contributed by atoms with Gasteiger partial charge < -0.3 is 4.74 Å². The van der Waals surface area contributed by atoms with Crippen LogP contribution in [0.4, 0.5) is 0 Å². The third kappa shape index (κ3) is 1.63. The van der Waals surface area contributed by atoms with Gasteiger partial charge in [0.25, 0.3) is 0 Å². The molecule has 0 aliphatic heterocycles. The van der Waals surface area contributed by atoms with Crippen molar-refractivity contribution in [3.63, 3.8) is 0 Å². The lowest BCUT2D eigenvalue weighted by Crippen LogP contribution is -2.01. The van der Waals surface area contributed by atoms with E-state index in [4.69, 9.17) is 5.26 Å². The molecule has 2 rings (SSSR count). The van der Waals surface area contributed by atoms with Crippen LogP contribution in [0.2, 0.25) is 0 Å². The van der Waals surface area contributed by atoms with Crippen molar-refractivity contribution >= 4 is 39.5 Å². The molecule has 5 nitrogen and oxygen atoms in total. The fourth-order valence-corrected chi connectivity index (χ4v) is 2.14. The molecule has 0 aliphatic rings. The third-order valence-corrected chi connectivity index (χ3v) is 2.94. The summed E-state index contributed by atoms with van der Waals surface area (Å²) in [7, 11) is 1.30. The van der Waals surface area contributed by atoms with Gasteiger partial charge >= 0.3 is 5.97 Å². The molecule has 0 atom stereocenters. The number of halogens is 1. The molecule has 80 valence electrons. The average Bonchev–Trinajstić information content (AvgIpc) is 2.69. The SMILES string of the molecule is COC(=O)c1cc(C#N)c2c(I)n[nH]c2c1. The predicted octanol–water partition coefficient (Wildman–Crippen LogP) is 1.83. The Bertz CT molecular complexity index is 612. The van der Waals surface area contributed by atoms with Gasteiger partial charge in [-0.25, -0.2) is 4.79 Å². The molecule has 1 N–H and O–H groups in total. The van der Waals surface area contributed by atoms with E-state index in [9.17, 15) is 4.79 Å². The number of fused-ring (bicyclic) bond motifs is 1. The Kier molecular flexibility index (Phi) is 2.78. The zero-order valence-corrected chi connectivity index (χ0v) is 10.4. The van der Waals surface area contributed by atoms with Crippen LogP contribution in [0.25, 0.3) is 10.9 Å². The molecule has 0 fully saturated rings. The highest BCUT2D eigenvalue weighted by Crippen LogP contribution is 2.23. The number of H-pyrrole nitrogens is 1. The summed E-state index contributed by atoms with van der Waals surface area (Å²) in [6.45, 7) is 0. The van der Waals surface area contributed by atoms with Crippen molar-refractivity contribution in [1.29, 1.82) is 5.26 Å². The number of aromatic amines is 1. The molecule has 0 unspecified atom stereocenters. The van der Waals surface area contributed by atoms with Gasteiger partial charge in [-0.1, -0.05) is 0 Å². The normalized spacial score (nSPS) is 10.1. The van der Waals surface area contributed by atoms with Crippen LogP contribution in [0.5, 0.6) is 0 Å². The molecule has 0 spiro atoms. The highest BCUT2D eigenvalue weighted by Gasteiger charge is 2.14. The summed E-state index contributed by atoms with van der Waals surface area (Å²) < 4.78 is 5.32. The lowest BCUT2D eigenvalue weighted by molar-refractivity contribution is 0.0601. The highest BCUT2D eigenvalue weighted by atomic mass is 127. The first-order valence-electron chi connectivity index (χ1n) is 4.33. The Balaban J connectivity index is 2.76. The molecule has 16 heavy (non-hydrogen) atoms. The fourth-order valence-electron chi connectivity index (χ4n) is 1.44. The van der Waals surface area contributed by atoms with Crippen LogP contribution in [-0.2, 0) is 4.74 Å². The summed E-state index contributed by atoms with van der Waals surface area (Å²) >= 11 is 2.03. The summed E-state index contributed by atoms with van der Waals surface area (Å²) in [4.78, 5) is 11.4. The number of ether oxygens (including phenoxy) is 1. The Hall–Kier alpha value is -1.62. The van der Waals surface area contributed by atoms with Crippen LogP contribution in [0.3, 0.4) is 0 Å². The Labute approximate surface area is 105 Å². The van der Waals surface area contributed by atoms with Crippen molar-refractivity contribution in [3.8, 4) is 6.07 Å². The number of aromatic nitrogens is 2. The van der Waals surface area contributed by atoms with Crippen LogP contribution in [0, 0.1) is 15.0 Å². The number of esters is 1. The molecule has 6 heteroatoms. The lowest BCUT2D eigenvalue weighted by atomic mass is 10.1. The van der Waals surface area contributed by atoms with Gasteiger partial charge in [0, 0.05) is 0 Å². The van der Waals surface area contributed by atoms with Gasteiger partial charge in [-0.3, -0.25) is 5.10 Å². The van der Waals surface area contributed by atoms with Gasteiger partial charge in [-0.05, 0) is 34.7 Å².